The number of aliphatic hydroxyl groups excluding tert-OH is 2. The molecule has 0 aromatic heterocycles. The van der Waals surface area contributed by atoms with Crippen LogP contribution in [0.2, 0.25) is 0 Å². The topological polar surface area (TPSA) is 95.9 Å². The van der Waals surface area contributed by atoms with E-state index in [0.29, 0.717) is 19.4 Å². The first-order valence-electron chi connectivity index (χ1n) is 31.8. The Bertz CT molecular complexity index is 1150. The van der Waals surface area contributed by atoms with Gasteiger partial charge >= 0.3 is 5.97 Å². The van der Waals surface area contributed by atoms with E-state index in [9.17, 15) is 19.8 Å². The highest BCUT2D eigenvalue weighted by Gasteiger charge is 2.18. The molecule has 0 aliphatic rings. The minimum atomic E-state index is -0.864. The summed E-state index contributed by atoms with van der Waals surface area (Å²) in [5.41, 5.74) is 0. The number of ether oxygens (including phenoxy) is 1. The monoisotopic (exact) mass is 998 g/mol. The van der Waals surface area contributed by atoms with E-state index in [4.69, 9.17) is 4.74 Å². The number of amides is 1. The van der Waals surface area contributed by atoms with Crippen molar-refractivity contribution >= 4 is 11.9 Å². The van der Waals surface area contributed by atoms with Crippen molar-refractivity contribution in [2.24, 2.45) is 0 Å². The summed E-state index contributed by atoms with van der Waals surface area (Å²) in [7, 11) is 0. The predicted octanol–water partition coefficient (Wildman–Crippen LogP) is 20.0. The van der Waals surface area contributed by atoms with E-state index in [1.807, 2.05) is 6.08 Å². The van der Waals surface area contributed by atoms with Crippen molar-refractivity contribution in [3.05, 3.63) is 36.5 Å². The second-order valence-electron chi connectivity index (χ2n) is 21.7. The maximum Gasteiger partial charge on any atom is 0.305 e. The van der Waals surface area contributed by atoms with Crippen LogP contribution >= 0.6 is 0 Å². The number of carbonyl (C=O) groups excluding carboxylic acids is 2. The third-order valence-corrected chi connectivity index (χ3v) is 14.6. The fourth-order valence-electron chi connectivity index (χ4n) is 9.74. The lowest BCUT2D eigenvalue weighted by Crippen LogP contribution is -2.45. The van der Waals surface area contributed by atoms with Crippen LogP contribution in [-0.4, -0.2) is 47.4 Å². The summed E-state index contributed by atoms with van der Waals surface area (Å²) >= 11 is 0. The molecule has 2 atom stereocenters. The molecule has 0 saturated carbocycles. The van der Waals surface area contributed by atoms with E-state index in [0.717, 1.165) is 70.6 Å². The molecule has 418 valence electrons. The summed E-state index contributed by atoms with van der Waals surface area (Å²) in [4.78, 5) is 24.6. The normalized spacial score (nSPS) is 12.8. The second kappa shape index (κ2) is 60.6. The first-order chi connectivity index (χ1) is 35.0. The Balaban J connectivity index is 3.51. The van der Waals surface area contributed by atoms with Crippen LogP contribution in [0, 0.1) is 0 Å². The summed E-state index contributed by atoms with van der Waals surface area (Å²) in [5, 5.41) is 23.2. The van der Waals surface area contributed by atoms with Gasteiger partial charge in [-0.1, -0.05) is 281 Å². The van der Waals surface area contributed by atoms with Crippen molar-refractivity contribution in [2.45, 2.75) is 353 Å². The summed E-state index contributed by atoms with van der Waals surface area (Å²) < 4.78 is 5.48. The van der Waals surface area contributed by atoms with E-state index in [1.54, 1.807) is 6.08 Å². The molecule has 0 rings (SSSR count). The van der Waals surface area contributed by atoms with Gasteiger partial charge in [0.1, 0.15) is 0 Å². The SMILES string of the molecule is CCCCCCCCC/C=C\CCCCCCCCCC(=O)OCCCCCCCC/C=C\CCCCCC(=O)NC(CO)C(O)/C=C/CCCCCCCCCCCCCCCCCCCCCCC. The maximum atomic E-state index is 12.5. The Hall–Kier alpha value is -1.92. The van der Waals surface area contributed by atoms with Crippen LogP contribution in [0.5, 0.6) is 0 Å². The van der Waals surface area contributed by atoms with E-state index in [-0.39, 0.29) is 18.5 Å². The third-order valence-electron chi connectivity index (χ3n) is 14.6. The standard InChI is InChI=1S/C65H123NO5/c1-3-5-7-9-11-13-15-17-19-21-23-24-25-26-27-28-30-33-37-41-45-49-53-57-63(68)62(61-67)66-64(69)58-54-50-46-42-38-34-32-36-40-44-48-52-56-60-71-65(70)59-55-51-47-43-39-35-31-29-22-20-18-16-14-12-10-8-6-4-2/h20,22,34,38,53,57,62-63,67-68H,3-19,21,23-33,35-37,39-52,54-56,58-61H2,1-2H3,(H,66,69)/b22-20-,38-34-,57-53+. The molecule has 3 N–H and O–H groups in total. The quantitative estimate of drug-likeness (QED) is 0.0321. The molecule has 6 nitrogen and oxygen atoms in total. The second-order valence-corrected chi connectivity index (χ2v) is 21.7. The lowest BCUT2D eigenvalue weighted by atomic mass is 10.0. The first-order valence-corrected chi connectivity index (χ1v) is 31.8. The lowest BCUT2D eigenvalue weighted by Gasteiger charge is -2.19. The van der Waals surface area contributed by atoms with Crippen molar-refractivity contribution in [1.82, 2.24) is 5.32 Å². The Morgan fingerprint density at radius 1 is 0.380 bits per heavy atom. The molecule has 0 aromatic carbocycles. The highest BCUT2D eigenvalue weighted by Crippen LogP contribution is 2.17. The van der Waals surface area contributed by atoms with Gasteiger partial charge in [0.2, 0.25) is 5.91 Å². The fourth-order valence-corrected chi connectivity index (χ4v) is 9.74. The van der Waals surface area contributed by atoms with Crippen LogP contribution in [0.1, 0.15) is 341 Å². The number of hydrogen-bond donors (Lipinski definition) is 3. The van der Waals surface area contributed by atoms with Gasteiger partial charge in [0.15, 0.2) is 0 Å². The van der Waals surface area contributed by atoms with E-state index in [1.165, 1.54) is 244 Å². The van der Waals surface area contributed by atoms with Crippen molar-refractivity contribution in [1.29, 1.82) is 0 Å². The summed E-state index contributed by atoms with van der Waals surface area (Å²) in [6.07, 6.45) is 76.1. The molecular weight excluding hydrogens is 875 g/mol. The van der Waals surface area contributed by atoms with Gasteiger partial charge in [0.05, 0.1) is 25.4 Å². The predicted molar refractivity (Wildman–Crippen MR) is 310 cm³/mol. The van der Waals surface area contributed by atoms with Gasteiger partial charge in [-0.05, 0) is 83.5 Å². The minimum absolute atomic E-state index is 0.0164. The number of nitrogens with one attached hydrogen (secondary N) is 1. The smallest absolute Gasteiger partial charge is 0.305 e. The average Bonchev–Trinajstić information content (AvgIpc) is 3.37. The van der Waals surface area contributed by atoms with Gasteiger partial charge in [-0.2, -0.15) is 0 Å². The van der Waals surface area contributed by atoms with Crippen LogP contribution in [0.15, 0.2) is 36.5 Å². The third kappa shape index (κ3) is 57.2. The number of esters is 1. The van der Waals surface area contributed by atoms with Crippen molar-refractivity contribution in [3.63, 3.8) is 0 Å². The molecular formula is C65H123NO5. The molecule has 0 aromatic rings. The Morgan fingerprint density at radius 2 is 0.662 bits per heavy atom. The zero-order valence-electron chi connectivity index (χ0n) is 47.7. The van der Waals surface area contributed by atoms with Crippen molar-refractivity contribution in [2.75, 3.05) is 13.2 Å². The number of carbonyl (C=O) groups is 2. The Labute approximate surface area is 443 Å². The first kappa shape index (κ1) is 69.1. The number of allylic oxidation sites excluding steroid dienone is 5. The minimum Gasteiger partial charge on any atom is -0.466 e. The maximum absolute atomic E-state index is 12.5. The molecule has 0 saturated heterocycles. The average molecular weight is 999 g/mol. The molecule has 1 amide bonds. The Kier molecular flexibility index (Phi) is 59.0. The molecule has 6 heteroatoms. The molecule has 71 heavy (non-hydrogen) atoms. The van der Waals surface area contributed by atoms with E-state index >= 15 is 0 Å². The number of aliphatic hydroxyl groups is 2. The molecule has 0 bridgehead atoms. The number of hydrogen-bond acceptors (Lipinski definition) is 5. The number of rotatable bonds is 59. The van der Waals surface area contributed by atoms with E-state index < -0.39 is 12.1 Å². The molecule has 0 aliphatic carbocycles. The van der Waals surface area contributed by atoms with Crippen LogP contribution in [0.25, 0.3) is 0 Å². The highest BCUT2D eigenvalue weighted by atomic mass is 16.5. The molecule has 0 radical (unpaired) electrons. The highest BCUT2D eigenvalue weighted by molar-refractivity contribution is 5.76. The molecule has 2 unspecified atom stereocenters. The summed E-state index contributed by atoms with van der Waals surface area (Å²) in [6, 6.07) is -0.650. The van der Waals surface area contributed by atoms with Crippen LogP contribution in [-0.2, 0) is 14.3 Å². The van der Waals surface area contributed by atoms with Crippen LogP contribution < -0.4 is 5.32 Å². The Morgan fingerprint density at radius 3 is 1.01 bits per heavy atom. The van der Waals surface area contributed by atoms with Gasteiger partial charge in [-0.3, -0.25) is 9.59 Å². The van der Waals surface area contributed by atoms with Gasteiger partial charge in [-0.15, -0.1) is 0 Å². The zero-order chi connectivity index (χ0) is 51.4. The van der Waals surface area contributed by atoms with Crippen molar-refractivity contribution < 1.29 is 24.5 Å². The molecule has 0 fully saturated rings. The lowest BCUT2D eigenvalue weighted by molar-refractivity contribution is -0.143. The molecule has 0 spiro atoms. The number of unbranched alkanes of at least 4 members (excludes halogenated alkanes) is 44. The van der Waals surface area contributed by atoms with Crippen LogP contribution in [0.3, 0.4) is 0 Å². The zero-order valence-corrected chi connectivity index (χ0v) is 47.7. The molecule has 0 heterocycles. The van der Waals surface area contributed by atoms with Crippen LogP contribution in [0.4, 0.5) is 0 Å². The summed E-state index contributed by atoms with van der Waals surface area (Å²) in [6.45, 7) is 4.88. The molecule has 0 aliphatic heterocycles. The largest absolute Gasteiger partial charge is 0.466 e. The van der Waals surface area contributed by atoms with Gasteiger partial charge in [0.25, 0.3) is 0 Å². The fraction of sp³-hybridized carbons (Fsp3) is 0.877. The van der Waals surface area contributed by atoms with E-state index in [2.05, 4.69) is 43.5 Å². The van der Waals surface area contributed by atoms with Crippen molar-refractivity contribution in [3.8, 4) is 0 Å². The van der Waals surface area contributed by atoms with Gasteiger partial charge in [-0.25, -0.2) is 0 Å². The summed E-state index contributed by atoms with van der Waals surface area (Å²) in [5.74, 6) is -0.112. The van der Waals surface area contributed by atoms with Gasteiger partial charge in [0, 0.05) is 12.8 Å². The van der Waals surface area contributed by atoms with Gasteiger partial charge < -0.3 is 20.3 Å².